The summed E-state index contributed by atoms with van der Waals surface area (Å²) in [6.07, 6.45) is 8.89. The third-order valence-corrected chi connectivity index (χ3v) is 6.02. The van der Waals surface area contributed by atoms with Crippen molar-refractivity contribution in [1.82, 2.24) is 30.3 Å². The number of rotatable bonds is 7. The summed E-state index contributed by atoms with van der Waals surface area (Å²) in [4.78, 5) is 7.50. The molecule has 0 radical (unpaired) electrons. The second-order valence-corrected chi connectivity index (χ2v) is 8.48. The van der Waals surface area contributed by atoms with E-state index in [0.29, 0.717) is 18.5 Å². The molecule has 1 saturated heterocycles. The van der Waals surface area contributed by atoms with E-state index < -0.39 is 0 Å². The van der Waals surface area contributed by atoms with Gasteiger partial charge in [-0.15, -0.1) is 10.2 Å². The molecule has 158 valence electrons. The maximum atomic E-state index is 4.81. The van der Waals surface area contributed by atoms with Crippen LogP contribution in [0.3, 0.4) is 0 Å². The summed E-state index contributed by atoms with van der Waals surface area (Å²) >= 11 is 0. The number of fused-ring (bicyclic) bond motifs is 1. The maximum absolute atomic E-state index is 4.81. The molecule has 0 aliphatic carbocycles. The van der Waals surface area contributed by atoms with Crippen LogP contribution in [0.1, 0.15) is 70.9 Å². The number of hydrogen-bond acceptors (Lipinski definition) is 4. The van der Waals surface area contributed by atoms with Crippen LogP contribution in [0, 0.1) is 5.92 Å². The lowest BCUT2D eigenvalue weighted by Gasteiger charge is -2.34. The zero-order valence-electron chi connectivity index (χ0n) is 18.1. The minimum absolute atomic E-state index is 0.544. The van der Waals surface area contributed by atoms with Crippen LogP contribution in [0.25, 0.3) is 0 Å². The van der Waals surface area contributed by atoms with Crippen LogP contribution < -0.4 is 10.6 Å². The van der Waals surface area contributed by atoms with Gasteiger partial charge in [-0.2, -0.15) is 0 Å². The van der Waals surface area contributed by atoms with Gasteiger partial charge in [-0.05, 0) is 51.6 Å². The standard InChI is InChI=1S/C21H39N7/c1-4-22-21(24-16-20-26-25-19-11-7-10-14-28(19)20)23-15-18(17(2)3)27-12-8-5-6-9-13-27/h17-18H,4-16H2,1-3H3,(H2,22,23,24). The Morgan fingerprint density at radius 1 is 1.00 bits per heavy atom. The Balaban J connectivity index is 1.61. The van der Waals surface area contributed by atoms with Crippen LogP contribution in [0.5, 0.6) is 0 Å². The number of likely N-dealkylation sites (tertiary alicyclic amines) is 1. The van der Waals surface area contributed by atoms with E-state index >= 15 is 0 Å². The Kier molecular flexibility index (Phi) is 8.13. The highest BCUT2D eigenvalue weighted by Crippen LogP contribution is 2.17. The Morgan fingerprint density at radius 2 is 1.75 bits per heavy atom. The fraction of sp³-hybridized carbons (Fsp3) is 0.857. The van der Waals surface area contributed by atoms with Gasteiger partial charge in [0.1, 0.15) is 12.4 Å². The number of aliphatic imine (C=N–C) groups is 1. The van der Waals surface area contributed by atoms with Crippen LogP contribution in [0.15, 0.2) is 4.99 Å². The van der Waals surface area contributed by atoms with E-state index in [1.54, 1.807) is 0 Å². The van der Waals surface area contributed by atoms with E-state index in [0.717, 1.165) is 43.7 Å². The number of hydrogen-bond donors (Lipinski definition) is 2. The van der Waals surface area contributed by atoms with Gasteiger partial charge in [-0.25, -0.2) is 4.99 Å². The van der Waals surface area contributed by atoms with E-state index in [-0.39, 0.29) is 0 Å². The van der Waals surface area contributed by atoms with Crippen molar-refractivity contribution in [3.8, 4) is 0 Å². The molecule has 1 unspecified atom stereocenters. The maximum Gasteiger partial charge on any atom is 0.191 e. The second kappa shape index (κ2) is 10.8. The summed E-state index contributed by atoms with van der Waals surface area (Å²) in [5.74, 6) is 3.61. The summed E-state index contributed by atoms with van der Waals surface area (Å²) < 4.78 is 2.25. The molecular weight excluding hydrogens is 350 g/mol. The first kappa shape index (κ1) is 21.1. The third-order valence-electron chi connectivity index (χ3n) is 6.02. The number of aromatic nitrogens is 3. The summed E-state index contributed by atoms with van der Waals surface area (Å²) in [6, 6.07) is 0.544. The van der Waals surface area contributed by atoms with Gasteiger partial charge in [0.05, 0.1) is 0 Å². The topological polar surface area (TPSA) is 70.4 Å². The minimum Gasteiger partial charge on any atom is -0.357 e. The van der Waals surface area contributed by atoms with Crippen molar-refractivity contribution in [1.29, 1.82) is 0 Å². The van der Waals surface area contributed by atoms with Gasteiger partial charge in [0.2, 0.25) is 0 Å². The first-order valence-corrected chi connectivity index (χ1v) is 11.4. The summed E-state index contributed by atoms with van der Waals surface area (Å²) in [5, 5.41) is 15.7. The largest absolute Gasteiger partial charge is 0.357 e. The average molecular weight is 390 g/mol. The van der Waals surface area contributed by atoms with E-state index in [4.69, 9.17) is 4.99 Å². The molecule has 1 aromatic heterocycles. The molecule has 7 nitrogen and oxygen atoms in total. The predicted octanol–water partition coefficient (Wildman–Crippen LogP) is 2.57. The lowest BCUT2D eigenvalue weighted by Crippen LogP contribution is -2.49. The van der Waals surface area contributed by atoms with Crippen molar-refractivity contribution in [2.24, 2.45) is 10.9 Å². The van der Waals surface area contributed by atoms with E-state index in [2.05, 4.69) is 51.1 Å². The van der Waals surface area contributed by atoms with Crippen molar-refractivity contribution in [3.05, 3.63) is 11.6 Å². The fourth-order valence-electron chi connectivity index (χ4n) is 4.39. The van der Waals surface area contributed by atoms with Gasteiger partial charge in [0.15, 0.2) is 11.8 Å². The lowest BCUT2D eigenvalue weighted by molar-refractivity contribution is 0.161. The van der Waals surface area contributed by atoms with E-state index in [1.165, 1.54) is 51.6 Å². The summed E-state index contributed by atoms with van der Waals surface area (Å²) in [7, 11) is 0. The highest BCUT2D eigenvalue weighted by Gasteiger charge is 2.23. The summed E-state index contributed by atoms with van der Waals surface area (Å²) in [5.41, 5.74) is 0. The highest BCUT2D eigenvalue weighted by atomic mass is 15.3. The average Bonchev–Trinajstić information content (AvgIpc) is 2.91. The first-order valence-electron chi connectivity index (χ1n) is 11.4. The molecule has 7 heteroatoms. The number of nitrogens with one attached hydrogen (secondary N) is 2. The number of nitrogens with zero attached hydrogens (tertiary/aromatic N) is 5. The third kappa shape index (κ3) is 5.69. The molecule has 1 fully saturated rings. The molecular formula is C21H39N7. The van der Waals surface area contributed by atoms with Gasteiger partial charge in [-0.1, -0.05) is 26.7 Å². The number of guanidine groups is 1. The van der Waals surface area contributed by atoms with Crippen LogP contribution >= 0.6 is 0 Å². The predicted molar refractivity (Wildman–Crippen MR) is 114 cm³/mol. The minimum atomic E-state index is 0.544. The molecule has 2 aliphatic heterocycles. The van der Waals surface area contributed by atoms with Gasteiger partial charge in [0.25, 0.3) is 0 Å². The van der Waals surface area contributed by atoms with Crippen LogP contribution in [-0.4, -0.2) is 57.8 Å². The van der Waals surface area contributed by atoms with Gasteiger partial charge in [-0.3, -0.25) is 4.90 Å². The second-order valence-electron chi connectivity index (χ2n) is 8.48. The van der Waals surface area contributed by atoms with Crippen LogP contribution in [0.4, 0.5) is 0 Å². The van der Waals surface area contributed by atoms with Crippen molar-refractivity contribution < 1.29 is 0 Å². The molecule has 0 aromatic carbocycles. The molecule has 0 saturated carbocycles. The quantitative estimate of drug-likeness (QED) is 0.554. The highest BCUT2D eigenvalue weighted by molar-refractivity contribution is 5.79. The summed E-state index contributed by atoms with van der Waals surface area (Å²) in [6.45, 7) is 12.6. The normalized spacial score (nSPS) is 19.9. The molecule has 0 spiro atoms. The molecule has 0 amide bonds. The molecule has 1 aromatic rings. The first-order chi connectivity index (χ1) is 13.7. The van der Waals surface area contributed by atoms with Crippen LogP contribution in [-0.2, 0) is 19.5 Å². The monoisotopic (exact) mass is 389 g/mol. The van der Waals surface area contributed by atoms with Gasteiger partial charge < -0.3 is 15.2 Å². The Morgan fingerprint density at radius 3 is 2.46 bits per heavy atom. The zero-order valence-corrected chi connectivity index (χ0v) is 18.1. The Labute approximate surface area is 170 Å². The van der Waals surface area contributed by atoms with Gasteiger partial charge in [0, 0.05) is 32.1 Å². The Bertz CT molecular complexity index is 614. The van der Waals surface area contributed by atoms with Gasteiger partial charge >= 0.3 is 0 Å². The molecule has 2 aliphatic rings. The number of aryl methyl sites for hydroxylation is 1. The fourth-order valence-corrected chi connectivity index (χ4v) is 4.39. The van der Waals surface area contributed by atoms with E-state index in [1.807, 2.05) is 0 Å². The molecule has 3 heterocycles. The molecule has 28 heavy (non-hydrogen) atoms. The van der Waals surface area contributed by atoms with Crippen LogP contribution in [0.2, 0.25) is 0 Å². The van der Waals surface area contributed by atoms with Crippen molar-refractivity contribution in [2.75, 3.05) is 26.2 Å². The van der Waals surface area contributed by atoms with Crippen molar-refractivity contribution >= 4 is 5.96 Å². The van der Waals surface area contributed by atoms with E-state index in [9.17, 15) is 0 Å². The van der Waals surface area contributed by atoms with Crippen molar-refractivity contribution in [3.63, 3.8) is 0 Å². The smallest absolute Gasteiger partial charge is 0.191 e. The molecule has 2 N–H and O–H groups in total. The molecule has 0 bridgehead atoms. The SMILES string of the molecule is CCNC(=NCc1nnc2n1CCCC2)NCC(C(C)C)N1CCCCCC1. The lowest BCUT2D eigenvalue weighted by atomic mass is 10.0. The Hall–Kier alpha value is -1.63. The van der Waals surface area contributed by atoms with Crippen molar-refractivity contribution in [2.45, 2.75) is 84.8 Å². The zero-order chi connectivity index (χ0) is 19.8. The molecule has 3 rings (SSSR count). The molecule has 1 atom stereocenters.